The number of nitrogens with zero attached hydrogens (tertiary/aromatic N) is 1. The van der Waals surface area contributed by atoms with Crippen molar-refractivity contribution in [3.8, 4) is 11.5 Å². The standard InChI is InChI=1S/C21H25BrN2O3/c1-14(15-6-8-16(22)9-7-15)23-21(25)24-12-4-5-19(24)18-13-17(26-2)10-11-20(18)27-3/h6-11,13-14,19H,4-5,12H2,1-3H3,(H,23,25). The number of amides is 2. The van der Waals surface area contributed by atoms with Gasteiger partial charge in [-0.2, -0.15) is 0 Å². The van der Waals surface area contributed by atoms with Crippen molar-refractivity contribution >= 4 is 22.0 Å². The zero-order valence-electron chi connectivity index (χ0n) is 15.9. The summed E-state index contributed by atoms with van der Waals surface area (Å²) in [5, 5.41) is 3.12. The number of benzene rings is 2. The number of carbonyl (C=O) groups excluding carboxylic acids is 1. The molecule has 2 aromatic rings. The van der Waals surface area contributed by atoms with Crippen molar-refractivity contribution in [2.24, 2.45) is 0 Å². The van der Waals surface area contributed by atoms with Crippen molar-refractivity contribution in [2.45, 2.75) is 31.8 Å². The highest BCUT2D eigenvalue weighted by molar-refractivity contribution is 9.10. The fourth-order valence-electron chi connectivity index (χ4n) is 3.54. The molecule has 1 fully saturated rings. The number of carbonyl (C=O) groups is 1. The number of likely N-dealkylation sites (tertiary alicyclic amines) is 1. The molecule has 6 heteroatoms. The second-order valence-corrected chi connectivity index (χ2v) is 7.60. The van der Waals surface area contributed by atoms with E-state index in [0.717, 1.165) is 46.5 Å². The largest absolute Gasteiger partial charge is 0.497 e. The predicted octanol–water partition coefficient (Wildman–Crippen LogP) is 5.07. The molecule has 0 radical (unpaired) electrons. The Labute approximate surface area is 168 Å². The van der Waals surface area contributed by atoms with E-state index in [0.29, 0.717) is 0 Å². The normalized spacial score (nSPS) is 17.5. The zero-order chi connectivity index (χ0) is 19.4. The second kappa shape index (κ2) is 8.65. The summed E-state index contributed by atoms with van der Waals surface area (Å²) in [5.74, 6) is 1.54. The molecular weight excluding hydrogens is 408 g/mol. The molecule has 1 heterocycles. The number of methoxy groups -OCH3 is 2. The summed E-state index contributed by atoms with van der Waals surface area (Å²) >= 11 is 3.44. The summed E-state index contributed by atoms with van der Waals surface area (Å²) in [6.45, 7) is 2.72. The molecule has 0 aliphatic carbocycles. The molecule has 27 heavy (non-hydrogen) atoms. The summed E-state index contributed by atoms with van der Waals surface area (Å²) in [7, 11) is 3.30. The van der Waals surface area contributed by atoms with E-state index < -0.39 is 0 Å². The Balaban J connectivity index is 1.77. The van der Waals surface area contributed by atoms with Crippen molar-refractivity contribution in [3.05, 3.63) is 58.1 Å². The SMILES string of the molecule is COc1ccc(OC)c(C2CCCN2C(=O)NC(C)c2ccc(Br)cc2)c1. The Morgan fingerprint density at radius 1 is 1.19 bits per heavy atom. The van der Waals surface area contributed by atoms with Crippen LogP contribution in [0.1, 0.15) is 43.0 Å². The number of hydrogen-bond acceptors (Lipinski definition) is 3. The van der Waals surface area contributed by atoms with Crippen LogP contribution in [-0.4, -0.2) is 31.7 Å². The molecule has 3 rings (SSSR count). The van der Waals surface area contributed by atoms with Gasteiger partial charge in [0.2, 0.25) is 0 Å². The molecule has 1 N–H and O–H groups in total. The van der Waals surface area contributed by atoms with E-state index in [4.69, 9.17) is 9.47 Å². The van der Waals surface area contributed by atoms with Crippen LogP contribution >= 0.6 is 15.9 Å². The van der Waals surface area contributed by atoms with Crippen molar-refractivity contribution in [3.63, 3.8) is 0 Å². The minimum atomic E-state index is -0.0703. The number of urea groups is 1. The van der Waals surface area contributed by atoms with Crippen LogP contribution in [0.4, 0.5) is 4.79 Å². The molecule has 1 aliphatic rings. The van der Waals surface area contributed by atoms with Crippen LogP contribution in [0.2, 0.25) is 0 Å². The average Bonchev–Trinajstić information content (AvgIpc) is 3.17. The van der Waals surface area contributed by atoms with Crippen LogP contribution in [0.5, 0.6) is 11.5 Å². The van der Waals surface area contributed by atoms with Gasteiger partial charge in [0.05, 0.1) is 26.3 Å². The summed E-state index contributed by atoms with van der Waals surface area (Å²) in [6.07, 6.45) is 1.87. The Morgan fingerprint density at radius 3 is 2.59 bits per heavy atom. The number of nitrogens with one attached hydrogen (secondary N) is 1. The predicted molar refractivity (Wildman–Crippen MR) is 109 cm³/mol. The summed E-state index contributed by atoms with van der Waals surface area (Å²) < 4.78 is 11.9. The Hall–Kier alpha value is -2.21. The molecule has 2 atom stereocenters. The minimum absolute atomic E-state index is 0.0211. The van der Waals surface area contributed by atoms with Crippen LogP contribution in [0.25, 0.3) is 0 Å². The second-order valence-electron chi connectivity index (χ2n) is 6.68. The lowest BCUT2D eigenvalue weighted by atomic mass is 10.0. The smallest absolute Gasteiger partial charge is 0.318 e. The monoisotopic (exact) mass is 432 g/mol. The Bertz CT molecular complexity index is 795. The third-order valence-electron chi connectivity index (χ3n) is 5.02. The van der Waals surface area contributed by atoms with Crippen molar-refractivity contribution in [1.29, 1.82) is 0 Å². The van der Waals surface area contributed by atoms with Crippen LogP contribution in [0, 0.1) is 0 Å². The third-order valence-corrected chi connectivity index (χ3v) is 5.55. The maximum atomic E-state index is 13.0. The van der Waals surface area contributed by atoms with Gasteiger partial charge in [0.25, 0.3) is 0 Å². The maximum Gasteiger partial charge on any atom is 0.318 e. The van der Waals surface area contributed by atoms with Crippen molar-refractivity contribution in [1.82, 2.24) is 10.2 Å². The van der Waals surface area contributed by atoms with E-state index in [2.05, 4.69) is 21.2 Å². The van der Waals surface area contributed by atoms with E-state index in [1.165, 1.54) is 0 Å². The molecule has 2 unspecified atom stereocenters. The molecule has 2 aromatic carbocycles. The molecule has 0 saturated carbocycles. The van der Waals surface area contributed by atoms with Crippen molar-refractivity contribution in [2.75, 3.05) is 20.8 Å². The van der Waals surface area contributed by atoms with E-state index in [-0.39, 0.29) is 18.1 Å². The highest BCUT2D eigenvalue weighted by Crippen LogP contribution is 2.39. The number of halogens is 1. The highest BCUT2D eigenvalue weighted by atomic mass is 79.9. The molecule has 144 valence electrons. The molecule has 0 aromatic heterocycles. The van der Waals surface area contributed by atoms with Gasteiger partial charge in [-0.1, -0.05) is 28.1 Å². The average molecular weight is 433 g/mol. The van der Waals surface area contributed by atoms with Crippen LogP contribution in [0.3, 0.4) is 0 Å². The quantitative estimate of drug-likeness (QED) is 0.716. The van der Waals surface area contributed by atoms with Gasteiger partial charge < -0.3 is 19.7 Å². The first kappa shape index (κ1) is 19.5. The van der Waals surface area contributed by atoms with Gasteiger partial charge >= 0.3 is 6.03 Å². The highest BCUT2D eigenvalue weighted by Gasteiger charge is 2.32. The lowest BCUT2D eigenvalue weighted by Crippen LogP contribution is -2.40. The lowest BCUT2D eigenvalue weighted by molar-refractivity contribution is 0.188. The molecule has 0 spiro atoms. The fourth-order valence-corrected chi connectivity index (χ4v) is 3.80. The van der Waals surface area contributed by atoms with E-state index in [9.17, 15) is 4.79 Å². The fraction of sp³-hybridized carbons (Fsp3) is 0.381. The number of rotatable bonds is 5. The van der Waals surface area contributed by atoms with E-state index in [1.54, 1.807) is 14.2 Å². The number of ether oxygens (including phenoxy) is 2. The van der Waals surface area contributed by atoms with Gasteiger partial charge in [0.15, 0.2) is 0 Å². The Morgan fingerprint density at radius 2 is 1.93 bits per heavy atom. The Kier molecular flexibility index (Phi) is 6.26. The lowest BCUT2D eigenvalue weighted by Gasteiger charge is -2.28. The van der Waals surface area contributed by atoms with Gasteiger partial charge in [-0.05, 0) is 55.7 Å². The maximum absolute atomic E-state index is 13.0. The first-order valence-corrected chi connectivity index (χ1v) is 9.87. The van der Waals surface area contributed by atoms with Crippen LogP contribution in [-0.2, 0) is 0 Å². The number of hydrogen-bond donors (Lipinski definition) is 1. The van der Waals surface area contributed by atoms with E-state index >= 15 is 0 Å². The molecule has 0 bridgehead atoms. The first-order chi connectivity index (χ1) is 13.0. The van der Waals surface area contributed by atoms with Gasteiger partial charge in [-0.15, -0.1) is 0 Å². The van der Waals surface area contributed by atoms with Crippen LogP contribution in [0.15, 0.2) is 46.9 Å². The molecule has 2 amide bonds. The molecule has 5 nitrogen and oxygen atoms in total. The van der Waals surface area contributed by atoms with Crippen molar-refractivity contribution < 1.29 is 14.3 Å². The van der Waals surface area contributed by atoms with Gasteiger partial charge in [0, 0.05) is 16.6 Å². The topological polar surface area (TPSA) is 50.8 Å². The van der Waals surface area contributed by atoms with Crippen LogP contribution < -0.4 is 14.8 Å². The van der Waals surface area contributed by atoms with E-state index in [1.807, 2.05) is 54.3 Å². The van der Waals surface area contributed by atoms with Gasteiger partial charge in [-0.25, -0.2) is 4.79 Å². The van der Waals surface area contributed by atoms with Gasteiger partial charge in [-0.3, -0.25) is 0 Å². The molecule has 1 aliphatic heterocycles. The first-order valence-electron chi connectivity index (χ1n) is 9.08. The molecular formula is C21H25BrN2O3. The third kappa shape index (κ3) is 4.38. The summed E-state index contributed by atoms with van der Waals surface area (Å²) in [6, 6.07) is 13.6. The zero-order valence-corrected chi connectivity index (χ0v) is 17.5. The summed E-state index contributed by atoms with van der Waals surface area (Å²) in [4.78, 5) is 14.9. The minimum Gasteiger partial charge on any atom is -0.497 e. The molecule has 1 saturated heterocycles. The summed E-state index contributed by atoms with van der Waals surface area (Å²) in [5.41, 5.74) is 2.06. The van der Waals surface area contributed by atoms with Gasteiger partial charge in [0.1, 0.15) is 11.5 Å².